The Kier molecular flexibility index (Phi) is 6.34. The van der Waals surface area contributed by atoms with Gasteiger partial charge in [0.05, 0.1) is 29.2 Å². The molecular formula is C19H20ClFN2O4S. The number of halogens is 2. The molecule has 1 atom stereocenters. The highest BCUT2D eigenvalue weighted by molar-refractivity contribution is 7.89. The van der Waals surface area contributed by atoms with Crippen molar-refractivity contribution in [2.24, 2.45) is 0 Å². The van der Waals surface area contributed by atoms with E-state index in [0.29, 0.717) is 37.4 Å². The van der Waals surface area contributed by atoms with Crippen LogP contribution in [0.3, 0.4) is 0 Å². The van der Waals surface area contributed by atoms with Crippen molar-refractivity contribution >= 4 is 27.5 Å². The average Bonchev–Trinajstić information content (AvgIpc) is 2.70. The van der Waals surface area contributed by atoms with Gasteiger partial charge in [0.25, 0.3) is 5.91 Å². The van der Waals surface area contributed by atoms with Gasteiger partial charge in [0, 0.05) is 18.7 Å². The minimum atomic E-state index is -3.61. The van der Waals surface area contributed by atoms with E-state index in [-0.39, 0.29) is 15.8 Å². The monoisotopic (exact) mass is 426 g/mol. The number of ether oxygens (including phenoxy) is 1. The standard InChI is InChI=1S/C19H20ClFN2O4S/c1-13(15-4-7-18(21)17(20)12-15)22-19(24)14-2-5-16(6-3-14)28(25,26)23-8-10-27-11-9-23/h2-7,12-13H,8-11H2,1H3,(H,22,24). The summed E-state index contributed by atoms with van der Waals surface area (Å²) in [5.41, 5.74) is 0.979. The largest absolute Gasteiger partial charge is 0.379 e. The Bertz CT molecular complexity index is 960. The number of sulfonamides is 1. The lowest BCUT2D eigenvalue weighted by Gasteiger charge is -2.26. The van der Waals surface area contributed by atoms with E-state index in [1.807, 2.05) is 0 Å². The normalized spacial score (nSPS) is 16.5. The van der Waals surface area contributed by atoms with Gasteiger partial charge in [-0.3, -0.25) is 4.79 Å². The molecule has 1 amide bonds. The quantitative estimate of drug-likeness (QED) is 0.797. The molecule has 1 aliphatic heterocycles. The minimum absolute atomic E-state index is 0.0173. The first kappa shape index (κ1) is 20.7. The molecule has 2 aromatic rings. The van der Waals surface area contributed by atoms with Gasteiger partial charge in [0.2, 0.25) is 10.0 Å². The molecule has 1 unspecified atom stereocenters. The Labute approximate surface area is 168 Å². The maximum Gasteiger partial charge on any atom is 0.251 e. The Balaban J connectivity index is 1.70. The molecule has 150 valence electrons. The minimum Gasteiger partial charge on any atom is -0.379 e. The topological polar surface area (TPSA) is 75.7 Å². The van der Waals surface area contributed by atoms with E-state index >= 15 is 0 Å². The Hall–Kier alpha value is -2.00. The van der Waals surface area contributed by atoms with Crippen LogP contribution in [0.5, 0.6) is 0 Å². The number of amides is 1. The van der Waals surface area contributed by atoms with Crippen LogP contribution in [-0.2, 0) is 14.8 Å². The van der Waals surface area contributed by atoms with Crippen LogP contribution in [0.2, 0.25) is 5.02 Å². The summed E-state index contributed by atoms with van der Waals surface area (Å²) in [6, 6.07) is 9.61. The second-order valence-electron chi connectivity index (χ2n) is 6.41. The lowest BCUT2D eigenvalue weighted by molar-refractivity contribution is 0.0730. The second-order valence-corrected chi connectivity index (χ2v) is 8.75. The maximum absolute atomic E-state index is 13.3. The summed E-state index contributed by atoms with van der Waals surface area (Å²) >= 11 is 5.78. The van der Waals surface area contributed by atoms with E-state index in [2.05, 4.69) is 5.32 Å². The molecule has 1 aliphatic rings. The van der Waals surface area contributed by atoms with E-state index in [0.717, 1.165) is 0 Å². The van der Waals surface area contributed by atoms with Gasteiger partial charge in [0.1, 0.15) is 5.82 Å². The highest BCUT2D eigenvalue weighted by atomic mass is 35.5. The van der Waals surface area contributed by atoms with Crippen LogP contribution in [0, 0.1) is 5.82 Å². The van der Waals surface area contributed by atoms with Gasteiger partial charge in [-0.1, -0.05) is 17.7 Å². The predicted molar refractivity (Wildman–Crippen MR) is 103 cm³/mol. The van der Waals surface area contributed by atoms with E-state index in [9.17, 15) is 17.6 Å². The van der Waals surface area contributed by atoms with Crippen molar-refractivity contribution in [3.05, 3.63) is 64.4 Å². The summed E-state index contributed by atoms with van der Waals surface area (Å²) in [6.45, 7) is 3.10. The first-order chi connectivity index (χ1) is 13.3. The highest BCUT2D eigenvalue weighted by Crippen LogP contribution is 2.22. The average molecular weight is 427 g/mol. The summed E-state index contributed by atoms with van der Waals surface area (Å²) in [6.07, 6.45) is 0. The van der Waals surface area contributed by atoms with Crippen LogP contribution in [-0.4, -0.2) is 44.9 Å². The number of carbonyl (C=O) groups excluding carboxylic acids is 1. The third-order valence-electron chi connectivity index (χ3n) is 4.52. The van der Waals surface area contributed by atoms with Crippen LogP contribution in [0.4, 0.5) is 4.39 Å². The number of morpholine rings is 1. The van der Waals surface area contributed by atoms with Crippen LogP contribution >= 0.6 is 11.6 Å². The molecule has 1 heterocycles. The van der Waals surface area contributed by atoms with Crippen molar-refractivity contribution in [1.82, 2.24) is 9.62 Å². The van der Waals surface area contributed by atoms with Crippen molar-refractivity contribution in [3.8, 4) is 0 Å². The van der Waals surface area contributed by atoms with E-state index in [1.54, 1.807) is 13.0 Å². The molecule has 0 radical (unpaired) electrons. The molecule has 2 aromatic carbocycles. The smallest absolute Gasteiger partial charge is 0.251 e. The molecule has 0 saturated carbocycles. The molecule has 1 saturated heterocycles. The molecule has 0 aliphatic carbocycles. The fourth-order valence-electron chi connectivity index (χ4n) is 2.86. The summed E-state index contributed by atoms with van der Waals surface area (Å²) in [7, 11) is -3.61. The molecule has 0 aromatic heterocycles. The van der Waals surface area contributed by atoms with E-state index in [4.69, 9.17) is 16.3 Å². The number of hydrogen-bond donors (Lipinski definition) is 1. The van der Waals surface area contributed by atoms with Crippen LogP contribution in [0.15, 0.2) is 47.4 Å². The van der Waals surface area contributed by atoms with Gasteiger partial charge in [-0.25, -0.2) is 12.8 Å². The second kappa shape index (κ2) is 8.57. The van der Waals surface area contributed by atoms with Crippen molar-refractivity contribution in [2.45, 2.75) is 17.9 Å². The number of rotatable bonds is 5. The lowest BCUT2D eigenvalue weighted by atomic mass is 10.1. The van der Waals surface area contributed by atoms with E-state index in [1.165, 1.54) is 40.7 Å². The Morgan fingerprint density at radius 2 is 1.82 bits per heavy atom. The number of nitrogens with zero attached hydrogens (tertiary/aromatic N) is 1. The van der Waals surface area contributed by atoms with Crippen molar-refractivity contribution in [2.75, 3.05) is 26.3 Å². The summed E-state index contributed by atoms with van der Waals surface area (Å²) in [5.74, 6) is -0.899. The number of benzene rings is 2. The molecule has 6 nitrogen and oxygen atoms in total. The van der Waals surface area contributed by atoms with Crippen molar-refractivity contribution < 1.29 is 22.3 Å². The van der Waals surface area contributed by atoms with Gasteiger partial charge in [-0.05, 0) is 48.9 Å². The lowest BCUT2D eigenvalue weighted by Crippen LogP contribution is -2.40. The Morgan fingerprint density at radius 1 is 1.18 bits per heavy atom. The first-order valence-electron chi connectivity index (χ1n) is 8.73. The van der Waals surface area contributed by atoms with E-state index < -0.39 is 21.9 Å². The fraction of sp³-hybridized carbons (Fsp3) is 0.316. The molecular weight excluding hydrogens is 407 g/mol. The first-order valence-corrected chi connectivity index (χ1v) is 10.5. The number of hydrogen-bond acceptors (Lipinski definition) is 4. The Morgan fingerprint density at radius 3 is 2.43 bits per heavy atom. The fourth-order valence-corrected chi connectivity index (χ4v) is 4.46. The zero-order valence-electron chi connectivity index (χ0n) is 15.2. The molecule has 0 spiro atoms. The molecule has 28 heavy (non-hydrogen) atoms. The summed E-state index contributed by atoms with van der Waals surface area (Å²) < 4.78 is 45.1. The maximum atomic E-state index is 13.3. The van der Waals surface area contributed by atoms with Crippen molar-refractivity contribution in [1.29, 1.82) is 0 Å². The molecule has 1 fully saturated rings. The highest BCUT2D eigenvalue weighted by Gasteiger charge is 2.26. The van der Waals surface area contributed by atoms with Gasteiger partial charge in [-0.2, -0.15) is 4.31 Å². The summed E-state index contributed by atoms with van der Waals surface area (Å²) in [5, 5.41) is 2.77. The third-order valence-corrected chi connectivity index (χ3v) is 6.72. The molecule has 1 N–H and O–H groups in total. The van der Waals surface area contributed by atoms with Crippen LogP contribution in [0.1, 0.15) is 28.9 Å². The van der Waals surface area contributed by atoms with Gasteiger partial charge < -0.3 is 10.1 Å². The summed E-state index contributed by atoms with van der Waals surface area (Å²) in [4.78, 5) is 12.6. The van der Waals surface area contributed by atoms with Gasteiger partial charge in [0.15, 0.2) is 0 Å². The number of carbonyl (C=O) groups is 1. The predicted octanol–water partition coefficient (Wildman–Crippen LogP) is 2.99. The van der Waals surface area contributed by atoms with Crippen molar-refractivity contribution in [3.63, 3.8) is 0 Å². The van der Waals surface area contributed by atoms with Crippen LogP contribution < -0.4 is 5.32 Å². The zero-order valence-corrected chi connectivity index (χ0v) is 16.8. The zero-order chi connectivity index (χ0) is 20.3. The van der Waals surface area contributed by atoms with Gasteiger partial charge >= 0.3 is 0 Å². The molecule has 9 heteroatoms. The SMILES string of the molecule is CC(NC(=O)c1ccc(S(=O)(=O)N2CCOCC2)cc1)c1ccc(F)c(Cl)c1. The third kappa shape index (κ3) is 4.52. The number of nitrogens with one attached hydrogen (secondary N) is 1. The van der Waals surface area contributed by atoms with Crippen LogP contribution in [0.25, 0.3) is 0 Å². The molecule has 0 bridgehead atoms. The van der Waals surface area contributed by atoms with Gasteiger partial charge in [-0.15, -0.1) is 0 Å². The molecule has 3 rings (SSSR count).